The first-order valence-electron chi connectivity index (χ1n) is 8.83. The summed E-state index contributed by atoms with van der Waals surface area (Å²) in [6, 6.07) is 11.5. The molecule has 0 atom stereocenters. The molecule has 4 rings (SSSR count). The van der Waals surface area contributed by atoms with Crippen molar-refractivity contribution in [3.8, 4) is 0 Å². The van der Waals surface area contributed by atoms with Gasteiger partial charge in [0, 0.05) is 28.8 Å². The number of aromatic nitrogens is 1. The van der Waals surface area contributed by atoms with Crippen LogP contribution >= 0.6 is 27.3 Å². The van der Waals surface area contributed by atoms with Crippen LogP contribution in [-0.4, -0.2) is 24.0 Å². The Morgan fingerprint density at radius 2 is 1.96 bits per heavy atom. The van der Waals surface area contributed by atoms with Crippen molar-refractivity contribution in [1.82, 2.24) is 4.98 Å². The molecule has 134 valence electrons. The van der Waals surface area contributed by atoms with Crippen molar-refractivity contribution >= 4 is 54.2 Å². The molecule has 1 aliphatic rings. The fourth-order valence-electron chi connectivity index (χ4n) is 3.20. The van der Waals surface area contributed by atoms with E-state index in [1.54, 1.807) is 11.3 Å². The number of hydrogen-bond acceptors (Lipinski definition) is 4. The van der Waals surface area contributed by atoms with Crippen molar-refractivity contribution in [3.63, 3.8) is 0 Å². The SMILES string of the molecule is Cc1cc(NC(=O)c2ccc3nc(N4CCCCC4)sc3c2)ccc1Br. The molecule has 26 heavy (non-hydrogen) atoms. The number of thiazole rings is 1. The van der Waals surface area contributed by atoms with E-state index in [0.717, 1.165) is 44.2 Å². The molecule has 0 spiro atoms. The molecule has 1 saturated heterocycles. The Balaban J connectivity index is 1.56. The Morgan fingerprint density at radius 1 is 1.15 bits per heavy atom. The van der Waals surface area contributed by atoms with Gasteiger partial charge in [-0.15, -0.1) is 0 Å². The van der Waals surface area contributed by atoms with Crippen LogP contribution in [0.1, 0.15) is 35.2 Å². The molecule has 6 heteroatoms. The second kappa shape index (κ2) is 7.37. The highest BCUT2D eigenvalue weighted by atomic mass is 79.9. The minimum Gasteiger partial charge on any atom is -0.348 e. The number of fused-ring (bicyclic) bond motifs is 1. The van der Waals surface area contributed by atoms with E-state index in [9.17, 15) is 4.79 Å². The molecule has 2 heterocycles. The summed E-state index contributed by atoms with van der Waals surface area (Å²) in [6.07, 6.45) is 3.77. The van der Waals surface area contributed by atoms with Crippen molar-refractivity contribution in [2.24, 2.45) is 0 Å². The highest BCUT2D eigenvalue weighted by Crippen LogP contribution is 2.31. The quantitative estimate of drug-likeness (QED) is 0.588. The van der Waals surface area contributed by atoms with Crippen LogP contribution in [0.25, 0.3) is 10.2 Å². The summed E-state index contributed by atoms with van der Waals surface area (Å²) >= 11 is 5.16. The van der Waals surface area contributed by atoms with E-state index in [-0.39, 0.29) is 5.91 Å². The van der Waals surface area contributed by atoms with Gasteiger partial charge in [-0.3, -0.25) is 4.79 Å². The van der Waals surface area contributed by atoms with Gasteiger partial charge in [0.05, 0.1) is 10.2 Å². The lowest BCUT2D eigenvalue weighted by atomic mass is 10.1. The van der Waals surface area contributed by atoms with Gasteiger partial charge in [-0.05, 0) is 68.1 Å². The summed E-state index contributed by atoms with van der Waals surface area (Å²) in [7, 11) is 0. The van der Waals surface area contributed by atoms with Crippen LogP contribution in [0.15, 0.2) is 40.9 Å². The van der Waals surface area contributed by atoms with Gasteiger partial charge in [0.15, 0.2) is 5.13 Å². The Bertz CT molecular complexity index is 963. The molecule has 2 aromatic carbocycles. The lowest BCUT2D eigenvalue weighted by Crippen LogP contribution is -2.29. The first-order chi connectivity index (χ1) is 12.6. The zero-order valence-corrected chi connectivity index (χ0v) is 17.0. The molecular weight excluding hydrogens is 410 g/mol. The lowest BCUT2D eigenvalue weighted by molar-refractivity contribution is 0.102. The summed E-state index contributed by atoms with van der Waals surface area (Å²) in [6.45, 7) is 4.16. The van der Waals surface area contributed by atoms with Gasteiger partial charge in [-0.1, -0.05) is 27.3 Å². The van der Waals surface area contributed by atoms with Crippen molar-refractivity contribution < 1.29 is 4.79 Å². The first kappa shape index (κ1) is 17.5. The number of aryl methyl sites for hydroxylation is 1. The number of carbonyl (C=O) groups excluding carboxylic acids is 1. The maximum absolute atomic E-state index is 12.6. The maximum Gasteiger partial charge on any atom is 0.255 e. The average molecular weight is 430 g/mol. The summed E-state index contributed by atoms with van der Waals surface area (Å²) in [4.78, 5) is 19.7. The summed E-state index contributed by atoms with van der Waals surface area (Å²) in [5.74, 6) is -0.0958. The minimum atomic E-state index is -0.0958. The number of amides is 1. The molecule has 0 bridgehead atoms. The molecule has 1 aliphatic heterocycles. The highest BCUT2D eigenvalue weighted by molar-refractivity contribution is 9.10. The largest absolute Gasteiger partial charge is 0.348 e. The van der Waals surface area contributed by atoms with E-state index < -0.39 is 0 Å². The van der Waals surface area contributed by atoms with Gasteiger partial charge < -0.3 is 10.2 Å². The zero-order chi connectivity index (χ0) is 18.1. The maximum atomic E-state index is 12.6. The van der Waals surface area contributed by atoms with Gasteiger partial charge in [-0.25, -0.2) is 4.98 Å². The first-order valence-corrected chi connectivity index (χ1v) is 10.4. The van der Waals surface area contributed by atoms with Crippen LogP contribution in [0, 0.1) is 6.92 Å². The van der Waals surface area contributed by atoms with Gasteiger partial charge in [0.25, 0.3) is 5.91 Å². The van der Waals surface area contributed by atoms with E-state index in [0.29, 0.717) is 5.56 Å². The molecule has 1 N–H and O–H groups in total. The Morgan fingerprint density at radius 3 is 2.73 bits per heavy atom. The Hall–Kier alpha value is -1.92. The third kappa shape index (κ3) is 3.62. The fourth-order valence-corrected chi connectivity index (χ4v) is 4.50. The number of hydrogen-bond donors (Lipinski definition) is 1. The van der Waals surface area contributed by atoms with Crippen LogP contribution < -0.4 is 10.2 Å². The van der Waals surface area contributed by atoms with Crippen LogP contribution in [0.5, 0.6) is 0 Å². The van der Waals surface area contributed by atoms with Crippen molar-refractivity contribution in [1.29, 1.82) is 0 Å². The number of nitrogens with one attached hydrogen (secondary N) is 1. The van der Waals surface area contributed by atoms with Crippen LogP contribution in [-0.2, 0) is 0 Å². The highest BCUT2D eigenvalue weighted by Gasteiger charge is 2.16. The molecule has 4 nitrogen and oxygen atoms in total. The molecular formula is C20H20BrN3OS. The molecule has 0 aliphatic carbocycles. The molecule has 0 radical (unpaired) electrons. The lowest BCUT2D eigenvalue weighted by Gasteiger charge is -2.25. The van der Waals surface area contributed by atoms with Gasteiger partial charge in [0.2, 0.25) is 0 Å². The Kier molecular flexibility index (Phi) is 4.96. The van der Waals surface area contributed by atoms with Crippen molar-refractivity contribution in [3.05, 3.63) is 52.0 Å². The van der Waals surface area contributed by atoms with Crippen molar-refractivity contribution in [2.45, 2.75) is 26.2 Å². The summed E-state index contributed by atoms with van der Waals surface area (Å²) in [5.41, 5.74) is 3.51. The van der Waals surface area contributed by atoms with Gasteiger partial charge >= 0.3 is 0 Å². The predicted octanol–water partition coefficient (Wildman–Crippen LogP) is 5.61. The Labute approximate surface area is 165 Å². The van der Waals surface area contributed by atoms with E-state index >= 15 is 0 Å². The predicted molar refractivity (Wildman–Crippen MR) is 113 cm³/mol. The molecule has 0 unspecified atom stereocenters. The normalized spacial score (nSPS) is 14.6. The van der Waals surface area contributed by atoms with E-state index in [1.807, 2.05) is 43.3 Å². The van der Waals surface area contributed by atoms with E-state index in [4.69, 9.17) is 4.98 Å². The summed E-state index contributed by atoms with van der Waals surface area (Å²) in [5, 5.41) is 4.05. The average Bonchev–Trinajstić information content (AvgIpc) is 3.09. The number of halogens is 1. The number of anilines is 2. The molecule has 1 amide bonds. The van der Waals surface area contributed by atoms with Crippen LogP contribution in [0.3, 0.4) is 0 Å². The number of piperidine rings is 1. The standard InChI is InChI=1S/C20H20BrN3OS/c1-13-11-15(6-7-16(13)21)22-19(25)14-5-8-17-18(12-14)26-20(23-17)24-9-3-2-4-10-24/h5-8,11-12H,2-4,9-10H2,1H3,(H,22,25). The van der Waals surface area contributed by atoms with Crippen LogP contribution in [0.4, 0.5) is 10.8 Å². The van der Waals surface area contributed by atoms with Crippen LogP contribution in [0.2, 0.25) is 0 Å². The monoisotopic (exact) mass is 429 g/mol. The second-order valence-electron chi connectivity index (χ2n) is 6.64. The zero-order valence-electron chi connectivity index (χ0n) is 14.6. The molecule has 1 fully saturated rings. The number of nitrogens with zero attached hydrogens (tertiary/aromatic N) is 2. The fraction of sp³-hybridized carbons (Fsp3) is 0.300. The van der Waals surface area contributed by atoms with E-state index in [1.165, 1.54) is 19.3 Å². The number of benzene rings is 2. The summed E-state index contributed by atoms with van der Waals surface area (Å²) < 4.78 is 2.09. The van der Waals surface area contributed by atoms with Gasteiger partial charge in [-0.2, -0.15) is 0 Å². The van der Waals surface area contributed by atoms with Gasteiger partial charge in [0.1, 0.15) is 0 Å². The number of carbonyl (C=O) groups is 1. The minimum absolute atomic E-state index is 0.0958. The third-order valence-electron chi connectivity index (χ3n) is 4.68. The third-order valence-corrected chi connectivity index (χ3v) is 6.65. The molecule has 0 saturated carbocycles. The number of rotatable bonds is 3. The molecule has 1 aromatic heterocycles. The van der Waals surface area contributed by atoms with Crippen molar-refractivity contribution in [2.75, 3.05) is 23.3 Å². The second-order valence-corrected chi connectivity index (χ2v) is 8.51. The van der Waals surface area contributed by atoms with E-state index in [2.05, 4.69) is 26.1 Å². The smallest absolute Gasteiger partial charge is 0.255 e. The molecule has 3 aromatic rings. The topological polar surface area (TPSA) is 45.2 Å².